The molecule has 1 aliphatic rings. The van der Waals surface area contributed by atoms with Gasteiger partial charge in [-0.3, -0.25) is 4.79 Å². The van der Waals surface area contributed by atoms with Crippen molar-refractivity contribution in [3.05, 3.63) is 29.5 Å². The van der Waals surface area contributed by atoms with E-state index in [2.05, 4.69) is 37.8 Å². The van der Waals surface area contributed by atoms with Crippen LogP contribution in [0.1, 0.15) is 83.1 Å². The molecule has 1 amide bonds. The maximum absolute atomic E-state index is 13.1. The average Bonchev–Trinajstić information content (AvgIpc) is 3.07. The topological polar surface area (TPSA) is 72.1 Å². The third-order valence-corrected chi connectivity index (χ3v) is 5.06. The largest absolute Gasteiger partial charge is 0.356 e. The number of aromatic nitrogens is 3. The summed E-state index contributed by atoms with van der Waals surface area (Å²) in [7, 11) is 0. The lowest BCUT2D eigenvalue weighted by Crippen LogP contribution is -2.40. The molecular weight excluding hydrogens is 352 g/mol. The Bertz CT molecular complexity index is 822. The van der Waals surface area contributed by atoms with Gasteiger partial charge in [0, 0.05) is 31.6 Å². The van der Waals surface area contributed by atoms with E-state index in [1.54, 1.807) is 0 Å². The second kappa shape index (κ2) is 8.41. The van der Waals surface area contributed by atoms with E-state index in [9.17, 15) is 4.79 Å². The second-order valence-electron chi connectivity index (χ2n) is 9.00. The summed E-state index contributed by atoms with van der Waals surface area (Å²) in [5.74, 6) is 1.70. The lowest BCUT2D eigenvalue weighted by atomic mass is 9.89. The molecule has 6 heteroatoms. The normalized spacial score (nSPS) is 17.8. The minimum Gasteiger partial charge on any atom is -0.356 e. The summed E-state index contributed by atoms with van der Waals surface area (Å²) in [6.07, 6.45) is 7.23. The molecule has 2 aromatic heterocycles. The van der Waals surface area contributed by atoms with Gasteiger partial charge in [-0.05, 0) is 38.0 Å². The predicted molar refractivity (Wildman–Crippen MR) is 109 cm³/mol. The first-order chi connectivity index (χ1) is 13.3. The Balaban J connectivity index is 2.02. The van der Waals surface area contributed by atoms with Gasteiger partial charge in [0.1, 0.15) is 5.82 Å². The van der Waals surface area contributed by atoms with E-state index in [1.807, 2.05) is 24.1 Å². The Labute approximate surface area is 167 Å². The molecule has 0 aliphatic carbocycles. The van der Waals surface area contributed by atoms with E-state index in [1.165, 1.54) is 0 Å². The van der Waals surface area contributed by atoms with Crippen LogP contribution in [0.3, 0.4) is 0 Å². The van der Waals surface area contributed by atoms with Crippen LogP contribution in [0.2, 0.25) is 0 Å². The van der Waals surface area contributed by atoms with E-state index in [0.29, 0.717) is 12.2 Å². The van der Waals surface area contributed by atoms with Crippen LogP contribution in [0.4, 0.5) is 0 Å². The second-order valence-corrected chi connectivity index (χ2v) is 9.00. The first-order valence-electron chi connectivity index (χ1n) is 10.4. The standard InChI is InChI=1S/C22H32N4O2/c1-6-9-19-23-14-16(18-12-15(2)25-28-18)21(24-19)17-10-7-8-11-26(17)20(27)13-22(3,4)5/h12,14,17H,6-11,13H2,1-5H3/t17-/m0/s1. The van der Waals surface area contributed by atoms with Crippen molar-refractivity contribution in [1.29, 1.82) is 0 Å². The fraction of sp³-hybridized carbons (Fsp3) is 0.636. The summed E-state index contributed by atoms with van der Waals surface area (Å²) in [5, 5.41) is 4.03. The number of aryl methyl sites for hydroxylation is 2. The Morgan fingerprint density at radius 2 is 2.11 bits per heavy atom. The smallest absolute Gasteiger partial charge is 0.223 e. The number of amides is 1. The summed E-state index contributed by atoms with van der Waals surface area (Å²) >= 11 is 0. The molecule has 28 heavy (non-hydrogen) atoms. The Morgan fingerprint density at radius 3 is 2.75 bits per heavy atom. The fourth-order valence-corrected chi connectivity index (χ4v) is 3.78. The van der Waals surface area contributed by atoms with Crippen molar-refractivity contribution in [3.63, 3.8) is 0 Å². The van der Waals surface area contributed by atoms with Gasteiger partial charge in [-0.1, -0.05) is 32.9 Å². The molecule has 0 aromatic carbocycles. The number of carbonyl (C=O) groups excluding carboxylic acids is 1. The lowest BCUT2D eigenvalue weighted by molar-refractivity contribution is -0.137. The van der Waals surface area contributed by atoms with Gasteiger partial charge in [0.05, 0.1) is 23.0 Å². The third kappa shape index (κ3) is 4.78. The summed E-state index contributed by atoms with van der Waals surface area (Å²) in [4.78, 5) is 24.6. The zero-order chi connectivity index (χ0) is 20.3. The van der Waals surface area contributed by atoms with E-state index in [4.69, 9.17) is 9.51 Å². The van der Waals surface area contributed by atoms with Gasteiger partial charge in [-0.2, -0.15) is 0 Å². The van der Waals surface area contributed by atoms with Crippen LogP contribution in [-0.4, -0.2) is 32.5 Å². The van der Waals surface area contributed by atoms with E-state index >= 15 is 0 Å². The summed E-state index contributed by atoms with van der Waals surface area (Å²) in [6.45, 7) is 11.1. The molecule has 0 saturated carbocycles. The monoisotopic (exact) mass is 384 g/mol. The molecule has 0 unspecified atom stereocenters. The molecule has 0 radical (unpaired) electrons. The molecule has 0 bridgehead atoms. The van der Waals surface area contributed by atoms with Gasteiger partial charge in [-0.15, -0.1) is 0 Å². The molecule has 1 saturated heterocycles. The van der Waals surface area contributed by atoms with E-state index in [-0.39, 0.29) is 17.4 Å². The highest BCUT2D eigenvalue weighted by Crippen LogP contribution is 2.37. The van der Waals surface area contributed by atoms with Crippen LogP contribution in [0.5, 0.6) is 0 Å². The highest BCUT2D eigenvalue weighted by atomic mass is 16.5. The van der Waals surface area contributed by atoms with Gasteiger partial charge < -0.3 is 9.42 Å². The van der Waals surface area contributed by atoms with Crippen LogP contribution in [-0.2, 0) is 11.2 Å². The van der Waals surface area contributed by atoms with Crippen molar-refractivity contribution in [2.75, 3.05) is 6.54 Å². The number of hydrogen-bond acceptors (Lipinski definition) is 5. The van der Waals surface area contributed by atoms with Gasteiger partial charge in [0.25, 0.3) is 0 Å². The zero-order valence-corrected chi connectivity index (χ0v) is 17.8. The van der Waals surface area contributed by atoms with Crippen molar-refractivity contribution in [1.82, 2.24) is 20.0 Å². The van der Waals surface area contributed by atoms with Gasteiger partial charge >= 0.3 is 0 Å². The van der Waals surface area contributed by atoms with Crippen LogP contribution < -0.4 is 0 Å². The summed E-state index contributed by atoms with van der Waals surface area (Å²) < 4.78 is 5.52. The molecule has 3 heterocycles. The fourth-order valence-electron chi connectivity index (χ4n) is 3.78. The molecule has 0 spiro atoms. The molecule has 1 atom stereocenters. The highest BCUT2D eigenvalue weighted by Gasteiger charge is 2.33. The first kappa shape index (κ1) is 20.5. The van der Waals surface area contributed by atoms with Crippen LogP contribution >= 0.6 is 0 Å². The van der Waals surface area contributed by atoms with Gasteiger partial charge in [0.2, 0.25) is 5.91 Å². The summed E-state index contributed by atoms with van der Waals surface area (Å²) in [5.41, 5.74) is 2.53. The van der Waals surface area contributed by atoms with Crippen molar-refractivity contribution < 1.29 is 9.32 Å². The maximum atomic E-state index is 13.1. The molecule has 1 aliphatic heterocycles. The number of piperidine rings is 1. The Morgan fingerprint density at radius 1 is 1.32 bits per heavy atom. The minimum atomic E-state index is -0.0392. The molecule has 3 rings (SSSR count). The lowest BCUT2D eigenvalue weighted by Gasteiger charge is -2.37. The zero-order valence-electron chi connectivity index (χ0n) is 17.8. The number of hydrogen-bond donors (Lipinski definition) is 0. The van der Waals surface area contributed by atoms with Crippen molar-refractivity contribution in [3.8, 4) is 11.3 Å². The van der Waals surface area contributed by atoms with Gasteiger partial charge in [-0.25, -0.2) is 9.97 Å². The number of carbonyl (C=O) groups is 1. The van der Waals surface area contributed by atoms with Crippen molar-refractivity contribution in [2.45, 2.75) is 79.2 Å². The average molecular weight is 385 g/mol. The van der Waals surface area contributed by atoms with Crippen molar-refractivity contribution in [2.24, 2.45) is 5.41 Å². The van der Waals surface area contributed by atoms with Crippen molar-refractivity contribution >= 4 is 5.91 Å². The molecule has 0 N–H and O–H groups in total. The summed E-state index contributed by atoms with van der Waals surface area (Å²) in [6, 6.07) is 1.87. The van der Waals surface area contributed by atoms with Crippen LogP contribution in [0.25, 0.3) is 11.3 Å². The molecule has 152 valence electrons. The predicted octanol–water partition coefficient (Wildman–Crippen LogP) is 4.88. The third-order valence-electron chi connectivity index (χ3n) is 5.06. The molecule has 1 fully saturated rings. The van der Waals surface area contributed by atoms with E-state index in [0.717, 1.165) is 61.4 Å². The quantitative estimate of drug-likeness (QED) is 0.734. The SMILES string of the molecule is CCCc1ncc(-c2cc(C)no2)c([C@@H]2CCCCN2C(=O)CC(C)(C)C)n1. The minimum absolute atomic E-state index is 0.0387. The molecule has 6 nitrogen and oxygen atoms in total. The first-order valence-corrected chi connectivity index (χ1v) is 10.4. The molecule has 2 aromatic rings. The Kier molecular flexibility index (Phi) is 6.16. The highest BCUT2D eigenvalue weighted by molar-refractivity contribution is 5.78. The number of rotatable bonds is 5. The maximum Gasteiger partial charge on any atom is 0.223 e. The number of likely N-dealkylation sites (tertiary alicyclic amines) is 1. The number of nitrogens with zero attached hydrogens (tertiary/aromatic N) is 4. The molecular formula is C22H32N4O2. The Hall–Kier alpha value is -2.24. The van der Waals surface area contributed by atoms with Crippen LogP contribution in [0, 0.1) is 12.3 Å². The van der Waals surface area contributed by atoms with Gasteiger partial charge in [0.15, 0.2) is 5.76 Å². The van der Waals surface area contributed by atoms with Crippen LogP contribution in [0.15, 0.2) is 16.8 Å². The van der Waals surface area contributed by atoms with E-state index < -0.39 is 0 Å².